The summed E-state index contributed by atoms with van der Waals surface area (Å²) in [5, 5.41) is 13.0. The van der Waals surface area contributed by atoms with E-state index in [1.807, 2.05) is 24.3 Å². The van der Waals surface area contributed by atoms with Crippen molar-refractivity contribution in [3.8, 4) is 16.2 Å². The van der Waals surface area contributed by atoms with Gasteiger partial charge >= 0.3 is 11.9 Å². The highest BCUT2D eigenvalue weighted by molar-refractivity contribution is 7.92. The quantitative estimate of drug-likeness (QED) is 0.357. The zero-order valence-corrected chi connectivity index (χ0v) is 22.8. The van der Waals surface area contributed by atoms with Gasteiger partial charge in [0.05, 0.1) is 18.6 Å². The normalized spacial score (nSPS) is 14.2. The van der Waals surface area contributed by atoms with Crippen LogP contribution in [-0.4, -0.2) is 58.3 Å². The molecule has 1 aromatic heterocycles. The molecule has 202 valence electrons. The van der Waals surface area contributed by atoms with Gasteiger partial charge in [-0.25, -0.2) is 18.0 Å². The fourth-order valence-corrected chi connectivity index (χ4v) is 7.50. The van der Waals surface area contributed by atoms with Crippen LogP contribution in [-0.2, 0) is 25.3 Å². The van der Waals surface area contributed by atoms with Crippen LogP contribution in [0.25, 0.3) is 10.4 Å². The van der Waals surface area contributed by atoms with Crippen LogP contribution in [0.5, 0.6) is 5.75 Å². The standard InChI is InChI=1S/C27H30N2O7S2/c1-18-24(36-16-23(30)35-2)26(27(31)32)37-25(18)20-9-6-10-22(15-20)29(21-11-13-28-14-12-21)38(33,34)17-19-7-4-3-5-8-19/h3-10,15,21,28H,11-14,16-17H2,1-2H3,(H,31,32). The number of esters is 1. The van der Waals surface area contributed by atoms with Crippen LogP contribution >= 0.6 is 11.3 Å². The Kier molecular flexibility index (Phi) is 8.70. The number of ether oxygens (including phenoxy) is 2. The lowest BCUT2D eigenvalue weighted by atomic mass is 10.0. The van der Waals surface area contributed by atoms with Gasteiger partial charge in [0, 0.05) is 16.5 Å². The number of carboxylic acid groups (broad SMARTS) is 1. The van der Waals surface area contributed by atoms with E-state index < -0.39 is 28.6 Å². The van der Waals surface area contributed by atoms with Crippen molar-refractivity contribution >= 4 is 39.0 Å². The van der Waals surface area contributed by atoms with E-state index in [0.717, 1.165) is 11.3 Å². The monoisotopic (exact) mass is 558 g/mol. The van der Waals surface area contributed by atoms with Crippen LogP contribution in [0.2, 0.25) is 0 Å². The summed E-state index contributed by atoms with van der Waals surface area (Å²) in [6, 6.07) is 16.0. The van der Waals surface area contributed by atoms with Crippen molar-refractivity contribution < 1.29 is 32.6 Å². The van der Waals surface area contributed by atoms with E-state index in [0.29, 0.717) is 53.2 Å². The molecule has 0 spiro atoms. The number of nitrogens with one attached hydrogen (secondary N) is 1. The molecule has 3 aromatic rings. The van der Waals surface area contributed by atoms with Crippen molar-refractivity contribution in [1.82, 2.24) is 5.32 Å². The summed E-state index contributed by atoms with van der Waals surface area (Å²) in [5.74, 6) is -1.84. The summed E-state index contributed by atoms with van der Waals surface area (Å²) in [4.78, 5) is 24.1. The Morgan fingerprint density at radius 1 is 1.11 bits per heavy atom. The molecule has 1 aliphatic heterocycles. The summed E-state index contributed by atoms with van der Waals surface area (Å²) >= 11 is 1.02. The fraction of sp³-hybridized carbons (Fsp3) is 0.333. The van der Waals surface area contributed by atoms with Crippen LogP contribution < -0.4 is 14.4 Å². The van der Waals surface area contributed by atoms with Gasteiger partial charge in [-0.05, 0) is 56.1 Å². The number of thiophene rings is 1. The third-order valence-electron chi connectivity index (χ3n) is 6.34. The number of anilines is 1. The highest BCUT2D eigenvalue weighted by Crippen LogP contribution is 2.42. The van der Waals surface area contributed by atoms with Crippen molar-refractivity contribution in [2.45, 2.75) is 31.6 Å². The van der Waals surface area contributed by atoms with Gasteiger partial charge < -0.3 is 19.9 Å². The number of aromatic carboxylic acids is 1. The van der Waals surface area contributed by atoms with Crippen molar-refractivity contribution in [2.75, 3.05) is 31.1 Å². The van der Waals surface area contributed by atoms with Gasteiger partial charge in [-0.2, -0.15) is 0 Å². The molecule has 0 radical (unpaired) electrons. The average Bonchev–Trinajstić information content (AvgIpc) is 3.24. The second-order valence-corrected chi connectivity index (χ2v) is 11.8. The third kappa shape index (κ3) is 6.17. The first kappa shape index (κ1) is 27.6. The molecule has 1 fully saturated rings. The molecule has 1 saturated heterocycles. The predicted molar refractivity (Wildman–Crippen MR) is 146 cm³/mol. The molecule has 0 bridgehead atoms. The second kappa shape index (κ2) is 12.0. The highest BCUT2D eigenvalue weighted by Gasteiger charge is 2.32. The van der Waals surface area contributed by atoms with Gasteiger partial charge in [-0.15, -0.1) is 11.3 Å². The van der Waals surface area contributed by atoms with Crippen molar-refractivity contribution in [1.29, 1.82) is 0 Å². The summed E-state index contributed by atoms with van der Waals surface area (Å²) < 4.78 is 39.3. The number of sulfonamides is 1. The molecule has 0 atom stereocenters. The number of piperidine rings is 1. The van der Waals surface area contributed by atoms with Gasteiger partial charge in [0.15, 0.2) is 11.5 Å². The fourth-order valence-electron chi connectivity index (χ4n) is 4.56. The maximum atomic E-state index is 13.8. The number of carbonyl (C=O) groups is 2. The minimum Gasteiger partial charge on any atom is -0.480 e. The molecule has 0 aliphatic carbocycles. The van der Waals surface area contributed by atoms with E-state index >= 15 is 0 Å². The number of benzene rings is 2. The molecule has 38 heavy (non-hydrogen) atoms. The van der Waals surface area contributed by atoms with Gasteiger partial charge in [0.25, 0.3) is 0 Å². The largest absolute Gasteiger partial charge is 0.480 e. The molecule has 0 saturated carbocycles. The van der Waals surface area contributed by atoms with Crippen LogP contribution in [0.3, 0.4) is 0 Å². The number of carbonyl (C=O) groups excluding carboxylic acids is 1. The Morgan fingerprint density at radius 2 is 1.82 bits per heavy atom. The highest BCUT2D eigenvalue weighted by atomic mass is 32.2. The SMILES string of the molecule is COC(=O)COc1c(C(=O)O)sc(-c2cccc(N(C3CCNCC3)S(=O)(=O)Cc3ccccc3)c2)c1C. The van der Waals surface area contributed by atoms with E-state index in [2.05, 4.69) is 10.1 Å². The Morgan fingerprint density at radius 3 is 2.47 bits per heavy atom. The van der Waals surface area contributed by atoms with E-state index in [-0.39, 0.29) is 22.4 Å². The third-order valence-corrected chi connectivity index (χ3v) is 9.46. The maximum absolute atomic E-state index is 13.8. The Hall–Kier alpha value is -3.41. The number of methoxy groups -OCH3 is 1. The smallest absolute Gasteiger partial charge is 0.349 e. The molecule has 4 rings (SSSR count). The van der Waals surface area contributed by atoms with Gasteiger partial charge in [-0.1, -0.05) is 42.5 Å². The van der Waals surface area contributed by atoms with E-state index in [1.165, 1.54) is 11.4 Å². The molecular weight excluding hydrogens is 528 g/mol. The second-order valence-electron chi connectivity index (χ2n) is 8.95. The number of rotatable bonds is 10. The molecule has 2 heterocycles. The van der Waals surface area contributed by atoms with Crippen molar-refractivity contribution in [3.05, 3.63) is 70.6 Å². The average molecular weight is 559 g/mol. The zero-order chi connectivity index (χ0) is 27.3. The van der Waals surface area contributed by atoms with Gasteiger partial charge in [0.2, 0.25) is 10.0 Å². The molecule has 2 N–H and O–H groups in total. The van der Waals surface area contributed by atoms with E-state index in [4.69, 9.17) is 4.74 Å². The minimum atomic E-state index is -3.74. The minimum absolute atomic E-state index is 0.0429. The van der Waals surface area contributed by atoms with E-state index in [9.17, 15) is 23.1 Å². The first-order valence-electron chi connectivity index (χ1n) is 12.1. The number of hydrogen-bond donors (Lipinski definition) is 2. The van der Waals surface area contributed by atoms with Crippen LogP contribution in [0, 0.1) is 6.92 Å². The summed E-state index contributed by atoms with van der Waals surface area (Å²) in [6.45, 7) is 2.73. The lowest BCUT2D eigenvalue weighted by Crippen LogP contribution is -2.46. The van der Waals surface area contributed by atoms with Crippen molar-refractivity contribution in [2.24, 2.45) is 0 Å². The molecule has 0 unspecified atom stereocenters. The summed E-state index contributed by atoms with van der Waals surface area (Å²) in [5.41, 5.74) is 2.44. The number of hydrogen-bond acceptors (Lipinski definition) is 8. The van der Waals surface area contributed by atoms with Crippen LogP contribution in [0.15, 0.2) is 54.6 Å². The Bertz CT molecular complexity index is 1400. The lowest BCUT2D eigenvalue weighted by molar-refractivity contribution is -0.142. The van der Waals surface area contributed by atoms with Crippen LogP contribution in [0.4, 0.5) is 5.69 Å². The molecule has 2 aromatic carbocycles. The van der Waals surface area contributed by atoms with E-state index in [1.54, 1.807) is 37.3 Å². The first-order chi connectivity index (χ1) is 18.2. The van der Waals surface area contributed by atoms with Gasteiger partial charge in [-0.3, -0.25) is 4.31 Å². The number of nitrogens with zero attached hydrogens (tertiary/aromatic N) is 1. The summed E-state index contributed by atoms with van der Waals surface area (Å²) in [6.07, 6.45) is 1.34. The molecule has 0 amide bonds. The van der Waals surface area contributed by atoms with Gasteiger partial charge in [0.1, 0.15) is 5.75 Å². The maximum Gasteiger partial charge on any atom is 0.349 e. The first-order valence-corrected chi connectivity index (χ1v) is 14.6. The molecular formula is C27H30N2O7S2. The van der Waals surface area contributed by atoms with Crippen molar-refractivity contribution in [3.63, 3.8) is 0 Å². The van der Waals surface area contributed by atoms with Crippen LogP contribution in [0.1, 0.15) is 33.6 Å². The summed E-state index contributed by atoms with van der Waals surface area (Å²) in [7, 11) is -2.51. The molecule has 11 heteroatoms. The topological polar surface area (TPSA) is 122 Å². The molecule has 1 aliphatic rings. The molecule has 9 nitrogen and oxygen atoms in total. The zero-order valence-electron chi connectivity index (χ0n) is 21.2. The lowest BCUT2D eigenvalue weighted by Gasteiger charge is -2.35. The predicted octanol–water partition coefficient (Wildman–Crippen LogP) is 4.06. The Labute approximate surface area is 226 Å². The number of carboxylic acids is 1. The Balaban J connectivity index is 1.75.